The number of alkyl halides is 3. The zero-order chi connectivity index (χ0) is 17.5. The molecule has 8 heteroatoms. The van der Waals surface area contributed by atoms with Gasteiger partial charge < -0.3 is 15.8 Å². The van der Waals surface area contributed by atoms with Crippen LogP contribution < -0.4 is 15.8 Å². The average molecular weight is 369 g/mol. The molecule has 0 fully saturated rings. The van der Waals surface area contributed by atoms with Crippen molar-refractivity contribution in [2.24, 2.45) is 11.1 Å². The topological polar surface area (TPSA) is 64.4 Å². The van der Waals surface area contributed by atoms with Crippen molar-refractivity contribution < 1.29 is 22.7 Å². The molecule has 0 aromatic heterocycles. The lowest BCUT2D eigenvalue weighted by Gasteiger charge is -2.28. The van der Waals surface area contributed by atoms with Crippen LogP contribution in [0.3, 0.4) is 0 Å². The summed E-state index contributed by atoms with van der Waals surface area (Å²) < 4.78 is 41.1. The molecule has 1 aromatic rings. The molecule has 0 unspecified atom stereocenters. The molecule has 0 radical (unpaired) electrons. The summed E-state index contributed by atoms with van der Waals surface area (Å²) in [6.45, 7) is 4.24. The third kappa shape index (κ3) is 6.20. The van der Waals surface area contributed by atoms with Crippen molar-refractivity contribution in [3.63, 3.8) is 0 Å². The molecule has 4 nitrogen and oxygen atoms in total. The van der Waals surface area contributed by atoms with E-state index in [1.165, 1.54) is 12.1 Å². The second kappa shape index (κ2) is 9.74. The summed E-state index contributed by atoms with van der Waals surface area (Å²) in [6, 6.07) is 5.90. The van der Waals surface area contributed by atoms with Crippen LogP contribution >= 0.6 is 12.4 Å². The van der Waals surface area contributed by atoms with E-state index < -0.39 is 11.8 Å². The Morgan fingerprint density at radius 2 is 1.79 bits per heavy atom. The summed E-state index contributed by atoms with van der Waals surface area (Å²) in [5.74, 6) is -0.412. The molecule has 24 heavy (non-hydrogen) atoms. The number of carbonyl (C=O) groups excluding carboxylic acids is 1. The van der Waals surface area contributed by atoms with Crippen LogP contribution in [-0.4, -0.2) is 25.4 Å². The number of carbonyl (C=O) groups is 1. The van der Waals surface area contributed by atoms with Crippen molar-refractivity contribution in [2.45, 2.75) is 39.5 Å². The van der Waals surface area contributed by atoms with Gasteiger partial charge in [-0.2, -0.15) is 0 Å². The maximum absolute atomic E-state index is 12.4. The maximum Gasteiger partial charge on any atom is 0.573 e. The van der Waals surface area contributed by atoms with Gasteiger partial charge >= 0.3 is 6.36 Å². The minimum absolute atomic E-state index is 0. The van der Waals surface area contributed by atoms with E-state index in [2.05, 4.69) is 10.1 Å². The summed E-state index contributed by atoms with van der Waals surface area (Å²) >= 11 is 0. The lowest BCUT2D eigenvalue weighted by molar-refractivity contribution is -0.274. The predicted molar refractivity (Wildman–Crippen MR) is 89.2 cm³/mol. The average Bonchev–Trinajstić information content (AvgIpc) is 2.50. The van der Waals surface area contributed by atoms with Crippen LogP contribution in [0.2, 0.25) is 0 Å². The monoisotopic (exact) mass is 368 g/mol. The molecule has 1 aromatic carbocycles. The molecule has 0 heterocycles. The Labute approximate surface area is 146 Å². The highest BCUT2D eigenvalue weighted by Gasteiger charge is 2.33. The third-order valence-corrected chi connectivity index (χ3v) is 4.10. The number of benzene rings is 1. The highest BCUT2D eigenvalue weighted by atomic mass is 35.5. The molecule has 1 rings (SSSR count). The quantitative estimate of drug-likeness (QED) is 0.738. The van der Waals surface area contributed by atoms with Crippen molar-refractivity contribution in [3.8, 4) is 5.75 Å². The number of amides is 1. The molecule has 0 aliphatic rings. The molecule has 138 valence electrons. The standard InChI is InChI=1S/C16H23F3N2O2.ClH/c1-3-15(4-2,11-20)14(22)21-10-9-12-7-5-6-8-13(12)23-16(17,18)19;/h5-8H,3-4,9-11,20H2,1-2H3,(H,21,22);1H. The molecule has 0 aliphatic carbocycles. The van der Waals surface area contributed by atoms with Gasteiger partial charge in [0.1, 0.15) is 5.75 Å². The Kier molecular flexibility index (Phi) is 9.14. The minimum atomic E-state index is -4.74. The lowest BCUT2D eigenvalue weighted by atomic mass is 9.81. The van der Waals surface area contributed by atoms with Crippen molar-refractivity contribution in [2.75, 3.05) is 13.1 Å². The van der Waals surface area contributed by atoms with Crippen LogP contribution in [0.25, 0.3) is 0 Å². The van der Waals surface area contributed by atoms with Crippen LogP contribution in [0, 0.1) is 5.41 Å². The van der Waals surface area contributed by atoms with Crippen molar-refractivity contribution in [1.29, 1.82) is 0 Å². The third-order valence-electron chi connectivity index (χ3n) is 4.10. The summed E-state index contributed by atoms with van der Waals surface area (Å²) in [6.07, 6.45) is -3.27. The summed E-state index contributed by atoms with van der Waals surface area (Å²) in [5.41, 5.74) is 5.46. The Morgan fingerprint density at radius 3 is 2.29 bits per heavy atom. The first-order valence-electron chi connectivity index (χ1n) is 7.60. The van der Waals surface area contributed by atoms with Gasteiger partial charge in [-0.05, 0) is 30.9 Å². The van der Waals surface area contributed by atoms with Gasteiger partial charge in [-0.15, -0.1) is 25.6 Å². The Balaban J connectivity index is 0.00000529. The van der Waals surface area contributed by atoms with E-state index in [4.69, 9.17) is 5.73 Å². The fourth-order valence-electron chi connectivity index (χ4n) is 2.39. The van der Waals surface area contributed by atoms with Gasteiger partial charge in [0, 0.05) is 13.1 Å². The second-order valence-corrected chi connectivity index (χ2v) is 5.35. The van der Waals surface area contributed by atoms with Crippen molar-refractivity contribution >= 4 is 18.3 Å². The van der Waals surface area contributed by atoms with E-state index in [-0.39, 0.29) is 43.6 Å². The first-order valence-corrected chi connectivity index (χ1v) is 7.60. The molecule has 0 atom stereocenters. The van der Waals surface area contributed by atoms with Crippen LogP contribution in [-0.2, 0) is 11.2 Å². The Morgan fingerprint density at radius 1 is 1.21 bits per heavy atom. The largest absolute Gasteiger partial charge is 0.573 e. The molecular formula is C16H24ClF3N2O2. The van der Waals surface area contributed by atoms with Gasteiger partial charge in [-0.1, -0.05) is 32.0 Å². The van der Waals surface area contributed by atoms with Gasteiger partial charge in [0.05, 0.1) is 5.41 Å². The molecular weight excluding hydrogens is 345 g/mol. The Bertz CT molecular complexity index is 512. The number of para-hydroxylation sites is 1. The molecule has 0 aliphatic heterocycles. The fraction of sp³-hybridized carbons (Fsp3) is 0.562. The van der Waals surface area contributed by atoms with Gasteiger partial charge in [-0.25, -0.2) is 0 Å². The molecule has 1 amide bonds. The van der Waals surface area contributed by atoms with E-state index in [1.807, 2.05) is 13.8 Å². The number of halogens is 4. The van der Waals surface area contributed by atoms with E-state index >= 15 is 0 Å². The fourth-order valence-corrected chi connectivity index (χ4v) is 2.39. The first kappa shape index (κ1) is 22.5. The smallest absolute Gasteiger partial charge is 0.406 e. The van der Waals surface area contributed by atoms with Crippen LogP contribution in [0.4, 0.5) is 13.2 Å². The second-order valence-electron chi connectivity index (χ2n) is 5.35. The van der Waals surface area contributed by atoms with Crippen molar-refractivity contribution in [1.82, 2.24) is 5.32 Å². The SMILES string of the molecule is CCC(CC)(CN)C(=O)NCCc1ccccc1OC(F)(F)F.Cl. The van der Waals surface area contributed by atoms with E-state index in [0.29, 0.717) is 18.4 Å². The van der Waals surface area contributed by atoms with Crippen LogP contribution in [0.5, 0.6) is 5.75 Å². The van der Waals surface area contributed by atoms with Gasteiger partial charge in [0.25, 0.3) is 0 Å². The summed E-state index contributed by atoms with van der Waals surface area (Å²) in [5, 5.41) is 2.76. The molecule has 0 saturated carbocycles. The molecule has 3 N–H and O–H groups in total. The Hall–Kier alpha value is -1.47. The molecule has 0 spiro atoms. The number of hydrogen-bond acceptors (Lipinski definition) is 3. The highest BCUT2D eigenvalue weighted by Crippen LogP contribution is 2.27. The number of rotatable bonds is 8. The highest BCUT2D eigenvalue weighted by molar-refractivity contribution is 5.85. The number of ether oxygens (including phenoxy) is 1. The van der Waals surface area contributed by atoms with Crippen LogP contribution in [0.15, 0.2) is 24.3 Å². The first-order chi connectivity index (χ1) is 10.8. The number of nitrogens with two attached hydrogens (primary N) is 1. The van der Waals surface area contributed by atoms with E-state index in [9.17, 15) is 18.0 Å². The van der Waals surface area contributed by atoms with Crippen molar-refractivity contribution in [3.05, 3.63) is 29.8 Å². The van der Waals surface area contributed by atoms with Gasteiger partial charge in [0.2, 0.25) is 5.91 Å². The lowest BCUT2D eigenvalue weighted by Crippen LogP contribution is -2.45. The summed E-state index contributed by atoms with van der Waals surface area (Å²) in [7, 11) is 0. The zero-order valence-electron chi connectivity index (χ0n) is 13.8. The zero-order valence-corrected chi connectivity index (χ0v) is 14.6. The normalized spacial score (nSPS) is 11.6. The predicted octanol–water partition coefficient (Wildman–Crippen LogP) is 3.43. The van der Waals surface area contributed by atoms with E-state index in [1.54, 1.807) is 12.1 Å². The van der Waals surface area contributed by atoms with Gasteiger partial charge in [-0.3, -0.25) is 4.79 Å². The van der Waals surface area contributed by atoms with E-state index in [0.717, 1.165) is 0 Å². The molecule has 0 bridgehead atoms. The number of nitrogens with one attached hydrogen (secondary N) is 1. The number of hydrogen-bond donors (Lipinski definition) is 2. The van der Waals surface area contributed by atoms with Crippen LogP contribution in [0.1, 0.15) is 32.3 Å². The minimum Gasteiger partial charge on any atom is -0.406 e. The van der Waals surface area contributed by atoms with Gasteiger partial charge in [0.15, 0.2) is 0 Å². The molecule has 0 saturated heterocycles. The maximum atomic E-state index is 12.4. The summed E-state index contributed by atoms with van der Waals surface area (Å²) in [4.78, 5) is 12.3.